The Bertz CT molecular complexity index is 612. The minimum absolute atomic E-state index is 0.0454. The maximum Gasteiger partial charge on any atom is 0.216 e. The lowest BCUT2D eigenvalue weighted by Gasteiger charge is -2.08. The van der Waals surface area contributed by atoms with Crippen LogP contribution in [0.4, 0.5) is 4.39 Å². The van der Waals surface area contributed by atoms with Crippen molar-refractivity contribution in [1.29, 1.82) is 0 Å². The molecule has 2 aromatic rings. The van der Waals surface area contributed by atoms with Gasteiger partial charge in [0.25, 0.3) is 0 Å². The third-order valence-corrected chi connectivity index (χ3v) is 3.14. The number of hydrogen-bond acceptors (Lipinski definition) is 2. The maximum absolute atomic E-state index is 13.2. The molecule has 0 aliphatic rings. The second-order valence-corrected chi connectivity index (χ2v) is 4.81. The monoisotopic (exact) mass is 295 g/mol. The molecular formula is C14H15ClFN3O. The number of nitrogens with one attached hydrogen (secondary N) is 1. The van der Waals surface area contributed by atoms with Gasteiger partial charge < -0.3 is 5.32 Å². The maximum atomic E-state index is 13.2. The van der Waals surface area contributed by atoms with E-state index in [0.29, 0.717) is 13.1 Å². The molecule has 1 aromatic carbocycles. The van der Waals surface area contributed by atoms with E-state index in [-0.39, 0.29) is 10.9 Å². The lowest BCUT2D eigenvalue weighted by Crippen LogP contribution is -2.22. The topological polar surface area (TPSA) is 46.9 Å². The summed E-state index contributed by atoms with van der Waals surface area (Å²) < 4.78 is 15.0. The molecule has 1 aromatic heterocycles. The third kappa shape index (κ3) is 3.57. The van der Waals surface area contributed by atoms with Gasteiger partial charge in [-0.25, -0.2) is 4.39 Å². The summed E-state index contributed by atoms with van der Waals surface area (Å²) in [4.78, 5) is 10.8. The highest BCUT2D eigenvalue weighted by molar-refractivity contribution is 6.31. The molecule has 4 nitrogen and oxygen atoms in total. The first kappa shape index (κ1) is 14.5. The van der Waals surface area contributed by atoms with Crippen molar-refractivity contribution < 1.29 is 9.18 Å². The Labute approximate surface area is 121 Å². The number of carbonyl (C=O) groups is 1. The highest BCUT2D eigenvalue weighted by Crippen LogP contribution is 2.24. The number of nitrogens with zero attached hydrogens (tertiary/aromatic N) is 2. The molecule has 0 aliphatic heterocycles. The van der Waals surface area contributed by atoms with Crippen molar-refractivity contribution in [2.75, 3.05) is 6.54 Å². The van der Waals surface area contributed by atoms with Crippen molar-refractivity contribution in [1.82, 2.24) is 15.1 Å². The van der Waals surface area contributed by atoms with Crippen molar-refractivity contribution in [2.45, 2.75) is 19.9 Å². The molecule has 2 rings (SSSR count). The van der Waals surface area contributed by atoms with Crippen LogP contribution in [0, 0.1) is 5.82 Å². The van der Waals surface area contributed by atoms with Gasteiger partial charge in [0.05, 0.1) is 10.7 Å². The van der Waals surface area contributed by atoms with E-state index in [1.54, 1.807) is 18.3 Å². The van der Waals surface area contributed by atoms with E-state index < -0.39 is 5.82 Å². The van der Waals surface area contributed by atoms with Crippen molar-refractivity contribution in [3.8, 4) is 11.3 Å². The number of aromatic nitrogens is 2. The van der Waals surface area contributed by atoms with Gasteiger partial charge in [-0.2, -0.15) is 5.10 Å². The van der Waals surface area contributed by atoms with Crippen molar-refractivity contribution >= 4 is 17.5 Å². The van der Waals surface area contributed by atoms with Crippen molar-refractivity contribution in [3.63, 3.8) is 0 Å². The number of benzene rings is 1. The minimum atomic E-state index is -0.438. The lowest BCUT2D eigenvalue weighted by molar-refractivity contribution is -0.118. The van der Waals surface area contributed by atoms with E-state index in [4.69, 9.17) is 11.6 Å². The summed E-state index contributed by atoms with van der Waals surface area (Å²) in [7, 11) is 0. The van der Waals surface area contributed by atoms with Crippen LogP contribution >= 0.6 is 11.6 Å². The van der Waals surface area contributed by atoms with Gasteiger partial charge in [-0.15, -0.1) is 0 Å². The summed E-state index contributed by atoms with van der Waals surface area (Å²) >= 11 is 5.79. The molecule has 6 heteroatoms. The SMILES string of the molecule is CC(=O)NCCCn1nccc1-c1ccc(F)c(Cl)c1. The largest absolute Gasteiger partial charge is 0.356 e. The smallest absolute Gasteiger partial charge is 0.216 e. The fraction of sp³-hybridized carbons (Fsp3) is 0.286. The number of halogens is 2. The number of hydrogen-bond donors (Lipinski definition) is 1. The van der Waals surface area contributed by atoms with Gasteiger partial charge >= 0.3 is 0 Å². The van der Waals surface area contributed by atoms with Crippen LogP contribution in [-0.2, 0) is 11.3 Å². The summed E-state index contributed by atoms with van der Waals surface area (Å²) in [6, 6.07) is 6.44. The molecule has 0 saturated heterocycles. The molecule has 1 N–H and O–H groups in total. The van der Waals surface area contributed by atoms with E-state index in [9.17, 15) is 9.18 Å². The summed E-state index contributed by atoms with van der Waals surface area (Å²) in [5, 5.41) is 7.05. The molecule has 0 atom stereocenters. The van der Waals surface area contributed by atoms with Crippen molar-refractivity contribution in [2.24, 2.45) is 0 Å². The molecule has 0 saturated carbocycles. The number of rotatable bonds is 5. The van der Waals surface area contributed by atoms with Crippen LogP contribution in [0.3, 0.4) is 0 Å². The molecule has 0 fully saturated rings. The summed E-state index contributed by atoms with van der Waals surface area (Å²) in [6.45, 7) is 2.75. The Morgan fingerprint density at radius 3 is 2.95 bits per heavy atom. The minimum Gasteiger partial charge on any atom is -0.356 e. The molecule has 1 amide bonds. The highest BCUT2D eigenvalue weighted by atomic mass is 35.5. The normalized spacial score (nSPS) is 10.6. The standard InChI is InChI=1S/C14H15ClFN3O/c1-10(20)17-6-2-8-19-14(5-7-18-19)11-3-4-13(16)12(15)9-11/h3-5,7,9H,2,6,8H2,1H3,(H,17,20). The summed E-state index contributed by atoms with van der Waals surface area (Å²) in [5.41, 5.74) is 1.68. The van der Waals surface area contributed by atoms with Gasteiger partial charge in [-0.3, -0.25) is 9.48 Å². The number of carbonyl (C=O) groups excluding carboxylic acids is 1. The van der Waals surface area contributed by atoms with E-state index in [1.807, 2.05) is 10.7 Å². The van der Waals surface area contributed by atoms with Crippen LogP contribution in [0.2, 0.25) is 5.02 Å². The van der Waals surface area contributed by atoms with Gasteiger partial charge in [0.1, 0.15) is 5.82 Å². The zero-order chi connectivity index (χ0) is 14.5. The molecule has 1 heterocycles. The molecule has 0 bridgehead atoms. The summed E-state index contributed by atoms with van der Waals surface area (Å²) in [5.74, 6) is -0.483. The Hall–Kier alpha value is -1.88. The zero-order valence-electron chi connectivity index (χ0n) is 11.1. The Balaban J connectivity index is 2.08. The fourth-order valence-electron chi connectivity index (χ4n) is 1.90. The Kier molecular flexibility index (Phi) is 4.74. The first-order chi connectivity index (χ1) is 9.58. The summed E-state index contributed by atoms with van der Waals surface area (Å²) in [6.07, 6.45) is 2.45. The third-order valence-electron chi connectivity index (χ3n) is 2.85. The van der Waals surface area contributed by atoms with Gasteiger partial charge in [0, 0.05) is 31.8 Å². The van der Waals surface area contributed by atoms with E-state index in [1.165, 1.54) is 13.0 Å². The van der Waals surface area contributed by atoms with Gasteiger partial charge in [0.2, 0.25) is 5.91 Å². The van der Waals surface area contributed by atoms with Gasteiger partial charge in [-0.05, 0) is 30.7 Å². The van der Waals surface area contributed by atoms with Crippen molar-refractivity contribution in [3.05, 3.63) is 41.3 Å². The Morgan fingerprint density at radius 2 is 2.25 bits per heavy atom. The van der Waals surface area contributed by atoms with E-state index >= 15 is 0 Å². The number of aryl methyl sites for hydroxylation is 1. The average molecular weight is 296 g/mol. The van der Waals surface area contributed by atoms with Crippen LogP contribution in [0.5, 0.6) is 0 Å². The first-order valence-corrected chi connectivity index (χ1v) is 6.67. The average Bonchev–Trinajstić information content (AvgIpc) is 2.86. The highest BCUT2D eigenvalue weighted by Gasteiger charge is 2.08. The fourth-order valence-corrected chi connectivity index (χ4v) is 2.09. The van der Waals surface area contributed by atoms with Crippen LogP contribution in [0.15, 0.2) is 30.5 Å². The van der Waals surface area contributed by atoms with E-state index in [0.717, 1.165) is 17.7 Å². The molecule has 0 radical (unpaired) electrons. The lowest BCUT2D eigenvalue weighted by atomic mass is 10.1. The molecule has 106 valence electrons. The van der Waals surface area contributed by atoms with Crippen LogP contribution < -0.4 is 5.32 Å². The van der Waals surface area contributed by atoms with Gasteiger partial charge in [0.15, 0.2) is 0 Å². The molecular weight excluding hydrogens is 281 g/mol. The second-order valence-electron chi connectivity index (χ2n) is 4.40. The van der Waals surface area contributed by atoms with Crippen LogP contribution in [0.1, 0.15) is 13.3 Å². The van der Waals surface area contributed by atoms with E-state index in [2.05, 4.69) is 10.4 Å². The quantitative estimate of drug-likeness (QED) is 0.862. The number of amides is 1. The zero-order valence-corrected chi connectivity index (χ0v) is 11.8. The predicted octanol–water partition coefficient (Wildman–Crippen LogP) is 2.87. The first-order valence-electron chi connectivity index (χ1n) is 6.29. The van der Waals surface area contributed by atoms with Crippen LogP contribution in [0.25, 0.3) is 11.3 Å². The second kappa shape index (κ2) is 6.52. The molecule has 20 heavy (non-hydrogen) atoms. The molecule has 0 aliphatic carbocycles. The molecule has 0 spiro atoms. The van der Waals surface area contributed by atoms with Crippen LogP contribution in [-0.4, -0.2) is 22.2 Å². The Morgan fingerprint density at radius 1 is 1.45 bits per heavy atom. The van der Waals surface area contributed by atoms with Gasteiger partial charge in [-0.1, -0.05) is 11.6 Å². The predicted molar refractivity (Wildman–Crippen MR) is 75.9 cm³/mol. The molecule has 0 unspecified atom stereocenters.